The number of para-hydroxylation sites is 1. The molecule has 1 unspecified atom stereocenters. The van der Waals surface area contributed by atoms with Crippen molar-refractivity contribution in [2.75, 3.05) is 23.7 Å². The van der Waals surface area contributed by atoms with Crippen LogP contribution in [-0.4, -0.2) is 52.3 Å². The van der Waals surface area contributed by atoms with E-state index >= 15 is 0 Å². The summed E-state index contributed by atoms with van der Waals surface area (Å²) in [7, 11) is 0. The highest BCUT2D eigenvalue weighted by Gasteiger charge is 2.45. The third kappa shape index (κ3) is 5.83. The Labute approximate surface area is 205 Å². The summed E-state index contributed by atoms with van der Waals surface area (Å²) < 4.78 is 51.8. The average molecular weight is 511 g/mol. The van der Waals surface area contributed by atoms with E-state index in [1.807, 2.05) is 31.2 Å². The van der Waals surface area contributed by atoms with Gasteiger partial charge in [0.1, 0.15) is 23.5 Å². The van der Waals surface area contributed by atoms with Crippen LogP contribution in [0.1, 0.15) is 32.9 Å². The Kier molecular flexibility index (Phi) is 7.18. The highest BCUT2D eigenvalue weighted by atomic mass is 32.1. The number of nitrogens with zero attached hydrogens (tertiary/aromatic N) is 3. The second-order valence-electron chi connectivity index (χ2n) is 8.88. The van der Waals surface area contributed by atoms with Crippen molar-refractivity contribution >= 4 is 33.3 Å². The van der Waals surface area contributed by atoms with Crippen LogP contribution in [0.4, 0.5) is 24.9 Å². The van der Waals surface area contributed by atoms with Crippen LogP contribution in [0.2, 0.25) is 0 Å². The van der Waals surface area contributed by atoms with Crippen LogP contribution in [-0.2, 0) is 9.47 Å². The van der Waals surface area contributed by atoms with Gasteiger partial charge in [-0.15, -0.1) is 11.3 Å². The molecule has 2 aromatic heterocycles. The Morgan fingerprint density at radius 2 is 1.91 bits per heavy atom. The molecular formula is C23H29F3N6O2S. The standard InChI is InChI=1S/C23H29F3N6O2S/c1-5-13(10-27)17-19(34-22(3,4)33-17)31-18-16(20-30-14-8-6-7-9-15(14)35-20)12(2)29-21(32-18)28-11-23(24,25)26/h6-9,13,17,19H,5,10-11,27H2,1-4H3,(H2,28,29,31,32)/t13-,17-,19?/m1/s1. The zero-order valence-corrected chi connectivity index (χ0v) is 20.8. The lowest BCUT2D eigenvalue weighted by Gasteiger charge is -2.26. The summed E-state index contributed by atoms with van der Waals surface area (Å²) in [5.41, 5.74) is 7.87. The molecule has 1 aromatic carbocycles. The zero-order chi connectivity index (χ0) is 25.4. The van der Waals surface area contributed by atoms with Crippen molar-refractivity contribution in [3.63, 3.8) is 0 Å². The molecular weight excluding hydrogens is 481 g/mol. The van der Waals surface area contributed by atoms with Crippen molar-refractivity contribution in [3.8, 4) is 10.6 Å². The number of benzene rings is 1. The maximum absolute atomic E-state index is 12.8. The number of halogens is 3. The molecule has 8 nitrogen and oxygen atoms in total. The fourth-order valence-electron chi connectivity index (χ4n) is 4.08. The van der Waals surface area contributed by atoms with Gasteiger partial charge in [0.05, 0.1) is 21.5 Å². The van der Waals surface area contributed by atoms with Gasteiger partial charge in [-0.05, 0) is 45.9 Å². The fourth-order valence-corrected chi connectivity index (χ4v) is 5.15. The summed E-state index contributed by atoms with van der Waals surface area (Å²) in [5.74, 6) is -0.705. The lowest BCUT2D eigenvalue weighted by atomic mass is 9.98. The van der Waals surface area contributed by atoms with E-state index in [1.54, 1.807) is 20.8 Å². The van der Waals surface area contributed by atoms with Gasteiger partial charge in [-0.3, -0.25) is 0 Å². The number of nitrogens with one attached hydrogen (secondary N) is 2. The van der Waals surface area contributed by atoms with E-state index in [0.717, 1.165) is 16.6 Å². The van der Waals surface area contributed by atoms with Crippen LogP contribution < -0.4 is 16.4 Å². The van der Waals surface area contributed by atoms with E-state index in [9.17, 15) is 13.2 Å². The molecule has 3 aromatic rings. The van der Waals surface area contributed by atoms with Gasteiger partial charge in [0, 0.05) is 5.92 Å². The quantitative estimate of drug-likeness (QED) is 0.392. The van der Waals surface area contributed by atoms with E-state index in [-0.39, 0.29) is 18.0 Å². The van der Waals surface area contributed by atoms with Crippen molar-refractivity contribution < 1.29 is 22.6 Å². The van der Waals surface area contributed by atoms with E-state index < -0.39 is 24.7 Å². The number of fused-ring (bicyclic) bond motifs is 1. The van der Waals surface area contributed by atoms with E-state index in [1.165, 1.54) is 11.3 Å². The van der Waals surface area contributed by atoms with Crippen LogP contribution in [0.3, 0.4) is 0 Å². The molecule has 1 fully saturated rings. The molecule has 3 atom stereocenters. The number of rotatable bonds is 8. The number of nitrogens with two attached hydrogens (primary N) is 1. The Bertz CT molecular complexity index is 1150. The van der Waals surface area contributed by atoms with Crippen molar-refractivity contribution in [3.05, 3.63) is 30.0 Å². The summed E-state index contributed by atoms with van der Waals surface area (Å²) in [4.78, 5) is 13.4. The number of aryl methyl sites for hydroxylation is 1. The fraction of sp³-hybridized carbons (Fsp3) is 0.522. The SMILES string of the molecule is CC[C@H](CN)[C@H]1OC(C)(C)OC1Nc1nc(NCC(F)(F)F)nc(C)c1-c1nc2ccccc2s1. The minimum atomic E-state index is -4.41. The molecule has 0 spiro atoms. The molecule has 12 heteroatoms. The third-order valence-corrected chi connectivity index (χ3v) is 6.80. The summed E-state index contributed by atoms with van der Waals surface area (Å²) in [6, 6.07) is 7.67. The normalized spacial score (nSPS) is 20.8. The highest BCUT2D eigenvalue weighted by molar-refractivity contribution is 7.21. The number of alkyl halides is 3. The molecule has 4 N–H and O–H groups in total. The predicted octanol–water partition coefficient (Wildman–Crippen LogP) is 4.91. The molecule has 0 aliphatic carbocycles. The van der Waals surface area contributed by atoms with Crippen LogP contribution in [0.25, 0.3) is 20.8 Å². The van der Waals surface area contributed by atoms with Crippen molar-refractivity contribution in [1.82, 2.24) is 15.0 Å². The van der Waals surface area contributed by atoms with Gasteiger partial charge < -0.3 is 25.8 Å². The molecule has 1 saturated heterocycles. The van der Waals surface area contributed by atoms with Crippen LogP contribution in [0.5, 0.6) is 0 Å². The van der Waals surface area contributed by atoms with E-state index in [2.05, 4.69) is 20.6 Å². The number of thiazole rings is 1. The van der Waals surface area contributed by atoms with Gasteiger partial charge in [-0.2, -0.15) is 18.2 Å². The minimum Gasteiger partial charge on any atom is -0.345 e. The van der Waals surface area contributed by atoms with E-state index in [4.69, 9.17) is 20.2 Å². The van der Waals surface area contributed by atoms with Crippen molar-refractivity contribution in [2.24, 2.45) is 11.7 Å². The Morgan fingerprint density at radius 3 is 2.57 bits per heavy atom. The molecule has 0 radical (unpaired) electrons. The van der Waals surface area contributed by atoms with Gasteiger partial charge in [0.15, 0.2) is 12.0 Å². The third-order valence-electron chi connectivity index (χ3n) is 5.74. The van der Waals surface area contributed by atoms with Gasteiger partial charge in [-0.25, -0.2) is 9.97 Å². The predicted molar refractivity (Wildman–Crippen MR) is 130 cm³/mol. The number of ether oxygens (including phenoxy) is 2. The molecule has 1 aliphatic rings. The first-order valence-electron chi connectivity index (χ1n) is 11.4. The molecule has 3 heterocycles. The molecule has 190 valence electrons. The summed E-state index contributed by atoms with van der Waals surface area (Å²) in [6.07, 6.45) is -4.66. The number of anilines is 2. The zero-order valence-electron chi connectivity index (χ0n) is 19.9. The Balaban J connectivity index is 1.77. The van der Waals surface area contributed by atoms with Crippen molar-refractivity contribution in [1.29, 1.82) is 0 Å². The molecule has 4 rings (SSSR count). The van der Waals surface area contributed by atoms with Gasteiger partial charge in [0.25, 0.3) is 0 Å². The van der Waals surface area contributed by atoms with Gasteiger partial charge in [0.2, 0.25) is 5.95 Å². The first-order chi connectivity index (χ1) is 16.5. The lowest BCUT2D eigenvalue weighted by Crippen LogP contribution is -2.40. The van der Waals surface area contributed by atoms with Gasteiger partial charge >= 0.3 is 6.18 Å². The topological polar surface area (TPSA) is 107 Å². The highest BCUT2D eigenvalue weighted by Crippen LogP contribution is 2.39. The second kappa shape index (κ2) is 9.84. The van der Waals surface area contributed by atoms with Gasteiger partial charge in [-0.1, -0.05) is 19.1 Å². The molecule has 0 bridgehead atoms. The summed E-state index contributed by atoms with van der Waals surface area (Å²) in [6.45, 7) is 6.49. The maximum atomic E-state index is 12.8. The monoisotopic (exact) mass is 510 g/mol. The van der Waals surface area contributed by atoms with Crippen LogP contribution >= 0.6 is 11.3 Å². The minimum absolute atomic E-state index is 0.00550. The number of hydrogen-bond acceptors (Lipinski definition) is 9. The Hall–Kier alpha value is -2.54. The molecule has 0 saturated carbocycles. The lowest BCUT2D eigenvalue weighted by molar-refractivity contribution is -0.148. The number of aromatic nitrogens is 3. The second-order valence-corrected chi connectivity index (χ2v) is 9.91. The Morgan fingerprint density at radius 1 is 1.17 bits per heavy atom. The maximum Gasteiger partial charge on any atom is 0.405 e. The number of hydrogen-bond donors (Lipinski definition) is 3. The van der Waals surface area contributed by atoms with E-state index in [0.29, 0.717) is 28.6 Å². The largest absolute Gasteiger partial charge is 0.405 e. The molecule has 35 heavy (non-hydrogen) atoms. The summed E-state index contributed by atoms with van der Waals surface area (Å²) in [5, 5.41) is 6.20. The van der Waals surface area contributed by atoms with Crippen LogP contribution in [0.15, 0.2) is 24.3 Å². The van der Waals surface area contributed by atoms with Crippen LogP contribution in [0, 0.1) is 12.8 Å². The molecule has 1 aliphatic heterocycles. The summed E-state index contributed by atoms with van der Waals surface area (Å²) >= 11 is 1.45. The van der Waals surface area contributed by atoms with Crippen molar-refractivity contribution in [2.45, 2.75) is 58.4 Å². The smallest absolute Gasteiger partial charge is 0.345 e. The first kappa shape index (κ1) is 25.5. The average Bonchev–Trinajstić information content (AvgIpc) is 3.32. The molecule has 0 amide bonds. The first-order valence-corrected chi connectivity index (χ1v) is 12.2.